The highest BCUT2D eigenvalue weighted by Gasteiger charge is 2.21. The van der Waals surface area contributed by atoms with E-state index in [2.05, 4.69) is 22.3 Å². The molecule has 0 radical (unpaired) electrons. The number of hydrogen-bond acceptors (Lipinski definition) is 3. The molecule has 0 aliphatic carbocycles. The first-order valence-electron chi connectivity index (χ1n) is 9.46. The molecule has 1 saturated heterocycles. The lowest BCUT2D eigenvalue weighted by Crippen LogP contribution is -2.49. The van der Waals surface area contributed by atoms with Crippen LogP contribution in [-0.4, -0.2) is 54.3 Å². The molecule has 142 valence electrons. The van der Waals surface area contributed by atoms with Crippen molar-refractivity contribution in [1.29, 1.82) is 0 Å². The van der Waals surface area contributed by atoms with E-state index in [1.54, 1.807) is 0 Å². The fourth-order valence-electron chi connectivity index (χ4n) is 3.38. The van der Waals surface area contributed by atoms with Crippen LogP contribution in [0.5, 0.6) is 0 Å². The molecule has 27 heavy (non-hydrogen) atoms. The Kier molecular flexibility index (Phi) is 6.24. The summed E-state index contributed by atoms with van der Waals surface area (Å²) in [7, 11) is 0. The summed E-state index contributed by atoms with van der Waals surface area (Å²) in [4.78, 5) is 28.0. The molecule has 2 amide bonds. The second kappa shape index (κ2) is 8.82. The maximum atomic E-state index is 12.6. The summed E-state index contributed by atoms with van der Waals surface area (Å²) >= 11 is 0. The highest BCUT2D eigenvalue weighted by molar-refractivity contribution is 5.94. The number of piperazine rings is 1. The molecule has 3 rings (SSSR count). The normalized spacial score (nSPS) is 14.8. The number of nitrogens with one attached hydrogen (secondary N) is 1. The molecule has 2 aromatic carbocycles. The lowest BCUT2D eigenvalue weighted by molar-refractivity contribution is -0.114. The molecule has 0 atom stereocenters. The Bertz CT molecular complexity index is 793. The van der Waals surface area contributed by atoms with Crippen molar-refractivity contribution >= 4 is 17.5 Å². The molecular formula is C22H27N3O2. The monoisotopic (exact) mass is 365 g/mol. The Morgan fingerprint density at radius 3 is 2.33 bits per heavy atom. The van der Waals surface area contributed by atoms with Crippen molar-refractivity contribution in [1.82, 2.24) is 9.80 Å². The van der Waals surface area contributed by atoms with Crippen LogP contribution in [0, 0.1) is 6.92 Å². The average Bonchev–Trinajstić information content (AvgIpc) is 2.67. The van der Waals surface area contributed by atoms with E-state index >= 15 is 0 Å². The van der Waals surface area contributed by atoms with Crippen LogP contribution < -0.4 is 5.32 Å². The molecule has 0 unspecified atom stereocenters. The van der Waals surface area contributed by atoms with E-state index in [0.29, 0.717) is 0 Å². The zero-order chi connectivity index (χ0) is 19.2. The average molecular weight is 365 g/mol. The number of benzene rings is 2. The SMILES string of the molecule is CC(=O)Nc1ccc(CCN2CCN(C(=O)c3cccc(C)c3)CC2)cc1. The van der Waals surface area contributed by atoms with Gasteiger partial charge in [-0.2, -0.15) is 0 Å². The molecule has 5 nitrogen and oxygen atoms in total. The van der Waals surface area contributed by atoms with Gasteiger partial charge in [0, 0.05) is 50.9 Å². The summed E-state index contributed by atoms with van der Waals surface area (Å²) in [6.45, 7) is 7.85. The molecule has 2 aromatic rings. The maximum absolute atomic E-state index is 12.6. The minimum atomic E-state index is -0.0548. The largest absolute Gasteiger partial charge is 0.336 e. The first-order valence-corrected chi connectivity index (χ1v) is 9.46. The Hall–Kier alpha value is -2.66. The van der Waals surface area contributed by atoms with Gasteiger partial charge in [0.25, 0.3) is 5.91 Å². The Morgan fingerprint density at radius 2 is 1.70 bits per heavy atom. The summed E-state index contributed by atoms with van der Waals surface area (Å²) in [6, 6.07) is 15.8. The third kappa shape index (κ3) is 5.41. The summed E-state index contributed by atoms with van der Waals surface area (Å²) in [5.41, 5.74) is 3.98. The third-order valence-electron chi connectivity index (χ3n) is 4.92. The minimum absolute atomic E-state index is 0.0548. The number of anilines is 1. The van der Waals surface area contributed by atoms with Crippen molar-refractivity contribution in [2.75, 3.05) is 38.0 Å². The first-order chi connectivity index (χ1) is 13.0. The van der Waals surface area contributed by atoms with Crippen molar-refractivity contribution in [3.8, 4) is 0 Å². The van der Waals surface area contributed by atoms with Gasteiger partial charge in [-0.25, -0.2) is 0 Å². The van der Waals surface area contributed by atoms with Crippen molar-refractivity contribution in [2.24, 2.45) is 0 Å². The van der Waals surface area contributed by atoms with Gasteiger partial charge in [0.1, 0.15) is 0 Å². The van der Waals surface area contributed by atoms with Gasteiger partial charge in [-0.1, -0.05) is 29.8 Å². The second-order valence-electron chi connectivity index (χ2n) is 7.13. The molecule has 0 spiro atoms. The van der Waals surface area contributed by atoms with E-state index in [1.807, 2.05) is 48.2 Å². The van der Waals surface area contributed by atoms with Gasteiger partial charge in [-0.05, 0) is 43.2 Å². The fourth-order valence-corrected chi connectivity index (χ4v) is 3.38. The van der Waals surface area contributed by atoms with Crippen LogP contribution in [0.4, 0.5) is 5.69 Å². The van der Waals surface area contributed by atoms with Gasteiger partial charge in [-0.3, -0.25) is 14.5 Å². The Balaban J connectivity index is 1.45. The predicted molar refractivity (Wildman–Crippen MR) is 108 cm³/mol. The first kappa shape index (κ1) is 19.1. The van der Waals surface area contributed by atoms with Crippen LogP contribution in [-0.2, 0) is 11.2 Å². The third-order valence-corrected chi connectivity index (χ3v) is 4.92. The molecule has 1 aliphatic rings. The lowest BCUT2D eigenvalue weighted by Gasteiger charge is -2.34. The lowest BCUT2D eigenvalue weighted by atomic mass is 10.1. The van der Waals surface area contributed by atoms with E-state index < -0.39 is 0 Å². The number of aryl methyl sites for hydroxylation is 1. The Labute approximate surface area is 161 Å². The highest BCUT2D eigenvalue weighted by atomic mass is 16.2. The maximum Gasteiger partial charge on any atom is 0.253 e. The van der Waals surface area contributed by atoms with Gasteiger partial charge in [-0.15, -0.1) is 0 Å². The molecular weight excluding hydrogens is 338 g/mol. The quantitative estimate of drug-likeness (QED) is 0.886. The smallest absolute Gasteiger partial charge is 0.253 e. The predicted octanol–water partition coefficient (Wildman–Crippen LogP) is 2.95. The van der Waals surface area contributed by atoms with Gasteiger partial charge in [0.2, 0.25) is 5.91 Å². The van der Waals surface area contributed by atoms with Crippen LogP contribution in [0.2, 0.25) is 0 Å². The van der Waals surface area contributed by atoms with E-state index in [0.717, 1.165) is 56.0 Å². The van der Waals surface area contributed by atoms with E-state index in [9.17, 15) is 9.59 Å². The minimum Gasteiger partial charge on any atom is -0.336 e. The molecule has 0 saturated carbocycles. The molecule has 0 aromatic heterocycles. The topological polar surface area (TPSA) is 52.7 Å². The number of hydrogen-bond donors (Lipinski definition) is 1. The standard InChI is InChI=1S/C22H27N3O2/c1-17-4-3-5-20(16-17)22(27)25-14-12-24(13-15-25)11-10-19-6-8-21(9-7-19)23-18(2)26/h3-9,16H,10-15H2,1-2H3,(H,23,26). The zero-order valence-corrected chi connectivity index (χ0v) is 16.1. The molecule has 1 aliphatic heterocycles. The van der Waals surface area contributed by atoms with E-state index in [4.69, 9.17) is 0 Å². The molecule has 1 heterocycles. The van der Waals surface area contributed by atoms with Crippen LogP contribution in [0.15, 0.2) is 48.5 Å². The van der Waals surface area contributed by atoms with E-state index in [1.165, 1.54) is 12.5 Å². The van der Waals surface area contributed by atoms with Gasteiger partial charge >= 0.3 is 0 Å². The highest BCUT2D eigenvalue weighted by Crippen LogP contribution is 2.13. The summed E-state index contributed by atoms with van der Waals surface area (Å²) in [5.74, 6) is 0.0766. The van der Waals surface area contributed by atoms with Crippen LogP contribution in [0.25, 0.3) is 0 Å². The number of rotatable bonds is 5. The van der Waals surface area contributed by atoms with Crippen molar-refractivity contribution in [2.45, 2.75) is 20.3 Å². The van der Waals surface area contributed by atoms with Gasteiger partial charge in [0.15, 0.2) is 0 Å². The second-order valence-corrected chi connectivity index (χ2v) is 7.13. The molecule has 5 heteroatoms. The van der Waals surface area contributed by atoms with Crippen molar-refractivity contribution in [3.05, 3.63) is 65.2 Å². The molecule has 0 bridgehead atoms. The summed E-state index contributed by atoms with van der Waals surface area (Å²) in [6.07, 6.45) is 0.964. The summed E-state index contributed by atoms with van der Waals surface area (Å²) in [5, 5.41) is 2.78. The molecule has 1 N–H and O–H groups in total. The Morgan fingerprint density at radius 1 is 1.00 bits per heavy atom. The number of carbonyl (C=O) groups excluding carboxylic acids is 2. The summed E-state index contributed by atoms with van der Waals surface area (Å²) < 4.78 is 0. The molecule has 1 fully saturated rings. The zero-order valence-electron chi connectivity index (χ0n) is 16.1. The van der Waals surface area contributed by atoms with Crippen LogP contribution in [0.1, 0.15) is 28.4 Å². The van der Waals surface area contributed by atoms with E-state index in [-0.39, 0.29) is 11.8 Å². The van der Waals surface area contributed by atoms with Gasteiger partial charge in [0.05, 0.1) is 0 Å². The fraction of sp³-hybridized carbons (Fsp3) is 0.364. The van der Waals surface area contributed by atoms with Crippen LogP contribution >= 0.6 is 0 Å². The number of nitrogens with zero attached hydrogens (tertiary/aromatic N) is 2. The van der Waals surface area contributed by atoms with Gasteiger partial charge < -0.3 is 10.2 Å². The van der Waals surface area contributed by atoms with Crippen LogP contribution in [0.3, 0.4) is 0 Å². The van der Waals surface area contributed by atoms with Crippen molar-refractivity contribution < 1.29 is 9.59 Å². The number of amides is 2. The number of carbonyl (C=O) groups is 2. The van der Waals surface area contributed by atoms with Crippen molar-refractivity contribution in [3.63, 3.8) is 0 Å².